The molecule has 7 heteroatoms. The highest BCUT2D eigenvalue weighted by atomic mass is 79.9. The van der Waals surface area contributed by atoms with Crippen LogP contribution in [0.25, 0.3) is 0 Å². The number of hydrogen-bond acceptors (Lipinski definition) is 2. The summed E-state index contributed by atoms with van der Waals surface area (Å²) in [4.78, 5) is 0.126. The summed E-state index contributed by atoms with van der Waals surface area (Å²) in [7, 11) is -3.60. The van der Waals surface area contributed by atoms with Gasteiger partial charge < -0.3 is 0 Å². The van der Waals surface area contributed by atoms with Gasteiger partial charge in [-0.2, -0.15) is 4.31 Å². The minimum absolute atomic E-state index is 0.126. The van der Waals surface area contributed by atoms with Crippen molar-refractivity contribution in [2.75, 3.05) is 12.4 Å². The highest BCUT2D eigenvalue weighted by molar-refractivity contribution is 9.10. The topological polar surface area (TPSA) is 37.4 Å². The number of halogens is 3. The Kier molecular flexibility index (Phi) is 6.60. The lowest BCUT2D eigenvalue weighted by atomic mass is 10.3. The van der Waals surface area contributed by atoms with Crippen LogP contribution in [0.2, 0.25) is 5.02 Å². The fourth-order valence-electron chi connectivity index (χ4n) is 1.68. The van der Waals surface area contributed by atoms with Gasteiger partial charge in [0.15, 0.2) is 0 Å². The lowest BCUT2D eigenvalue weighted by molar-refractivity contribution is 0.355. The van der Waals surface area contributed by atoms with Crippen molar-refractivity contribution in [3.8, 4) is 0 Å². The van der Waals surface area contributed by atoms with Crippen LogP contribution < -0.4 is 0 Å². The van der Waals surface area contributed by atoms with E-state index in [2.05, 4.69) is 15.9 Å². The molecule has 0 fully saturated rings. The third-order valence-corrected chi connectivity index (χ3v) is 5.89. The van der Waals surface area contributed by atoms with Crippen molar-refractivity contribution in [3.63, 3.8) is 0 Å². The van der Waals surface area contributed by atoms with E-state index in [0.29, 0.717) is 18.8 Å². The number of sulfonamides is 1. The summed E-state index contributed by atoms with van der Waals surface area (Å²) in [6.45, 7) is 4.05. The van der Waals surface area contributed by atoms with E-state index in [0.717, 1.165) is 4.47 Å². The lowest BCUT2D eigenvalue weighted by Crippen LogP contribution is -2.38. The quantitative estimate of drug-likeness (QED) is 0.687. The second-order valence-corrected chi connectivity index (χ2v) is 7.89. The molecule has 1 aromatic carbocycles. The molecular formula is C12H16BrCl2NO2S. The summed E-state index contributed by atoms with van der Waals surface area (Å²) >= 11 is 14.9. The van der Waals surface area contributed by atoms with Crippen LogP contribution in [-0.2, 0) is 10.0 Å². The van der Waals surface area contributed by atoms with Gasteiger partial charge in [0, 0.05) is 22.9 Å². The molecule has 0 spiro atoms. The Hall–Kier alpha value is 0.190. The number of nitrogens with zero attached hydrogens (tertiary/aromatic N) is 1. The van der Waals surface area contributed by atoms with Crippen molar-refractivity contribution in [3.05, 3.63) is 27.7 Å². The third-order valence-electron chi connectivity index (χ3n) is 2.57. The molecule has 0 heterocycles. The standard InChI is InChI=1S/C12H16BrCl2NO2S/c1-9(2)16(7-3-6-14)19(17,18)12-5-4-10(13)8-11(12)15/h4-5,8-9H,3,6-7H2,1-2H3. The SMILES string of the molecule is CC(C)N(CCCCl)S(=O)(=O)c1ccc(Br)cc1Cl. The molecule has 0 aromatic heterocycles. The molecule has 108 valence electrons. The second kappa shape index (κ2) is 7.27. The zero-order valence-corrected chi connectivity index (χ0v) is 14.7. The summed E-state index contributed by atoms with van der Waals surface area (Å²) in [5.74, 6) is 0.423. The van der Waals surface area contributed by atoms with Crippen LogP contribution in [0.3, 0.4) is 0 Å². The number of hydrogen-bond donors (Lipinski definition) is 0. The maximum Gasteiger partial charge on any atom is 0.244 e. The maximum atomic E-state index is 12.6. The molecule has 0 radical (unpaired) electrons. The van der Waals surface area contributed by atoms with Crippen molar-refractivity contribution >= 4 is 49.2 Å². The molecule has 0 unspecified atom stereocenters. The summed E-state index contributed by atoms with van der Waals surface area (Å²) in [6.07, 6.45) is 0.604. The Labute approximate surface area is 133 Å². The molecule has 19 heavy (non-hydrogen) atoms. The number of benzene rings is 1. The van der Waals surface area contributed by atoms with Crippen LogP contribution in [-0.4, -0.2) is 31.2 Å². The number of alkyl halides is 1. The van der Waals surface area contributed by atoms with Gasteiger partial charge in [-0.1, -0.05) is 27.5 Å². The van der Waals surface area contributed by atoms with Crippen molar-refractivity contribution in [2.24, 2.45) is 0 Å². The van der Waals surface area contributed by atoms with Gasteiger partial charge in [0.1, 0.15) is 4.90 Å². The normalized spacial score (nSPS) is 12.4. The van der Waals surface area contributed by atoms with E-state index < -0.39 is 10.0 Å². The van der Waals surface area contributed by atoms with E-state index in [4.69, 9.17) is 23.2 Å². The smallest absolute Gasteiger partial charge is 0.207 e. The van der Waals surface area contributed by atoms with Gasteiger partial charge in [-0.15, -0.1) is 11.6 Å². The van der Waals surface area contributed by atoms with Crippen molar-refractivity contribution in [2.45, 2.75) is 31.2 Å². The Morgan fingerprint density at radius 2 is 2.00 bits per heavy atom. The molecule has 0 aliphatic heterocycles. The fourth-order valence-corrected chi connectivity index (χ4v) is 4.49. The molecule has 3 nitrogen and oxygen atoms in total. The molecule has 0 saturated carbocycles. The molecule has 0 saturated heterocycles. The Balaban J connectivity index is 3.19. The molecule has 1 aromatic rings. The van der Waals surface area contributed by atoms with E-state index >= 15 is 0 Å². The average molecular weight is 389 g/mol. The minimum atomic E-state index is -3.60. The van der Waals surface area contributed by atoms with Crippen LogP contribution in [0.1, 0.15) is 20.3 Å². The van der Waals surface area contributed by atoms with Crippen molar-refractivity contribution in [1.82, 2.24) is 4.31 Å². The molecule has 0 aliphatic rings. The van der Waals surface area contributed by atoms with Gasteiger partial charge in [0.05, 0.1) is 5.02 Å². The van der Waals surface area contributed by atoms with E-state index in [1.165, 1.54) is 10.4 Å². The van der Waals surface area contributed by atoms with Crippen LogP contribution in [0.15, 0.2) is 27.6 Å². The predicted octanol–water partition coefficient (Wildman–Crippen LogP) is 4.13. The van der Waals surface area contributed by atoms with Gasteiger partial charge in [-0.3, -0.25) is 0 Å². The van der Waals surface area contributed by atoms with Gasteiger partial charge in [0.25, 0.3) is 0 Å². The van der Waals surface area contributed by atoms with Crippen LogP contribution in [0.5, 0.6) is 0 Å². The average Bonchev–Trinajstić information content (AvgIpc) is 2.27. The summed E-state index contributed by atoms with van der Waals surface area (Å²) < 4.78 is 27.4. The van der Waals surface area contributed by atoms with E-state index in [-0.39, 0.29) is 16.0 Å². The van der Waals surface area contributed by atoms with Crippen LogP contribution in [0.4, 0.5) is 0 Å². The summed E-state index contributed by atoms with van der Waals surface area (Å²) in [5.41, 5.74) is 0. The first kappa shape index (κ1) is 17.2. The molecular weight excluding hydrogens is 373 g/mol. The molecule has 1 rings (SSSR count). The highest BCUT2D eigenvalue weighted by Crippen LogP contribution is 2.28. The zero-order valence-electron chi connectivity index (χ0n) is 10.7. The maximum absolute atomic E-state index is 12.6. The Morgan fingerprint density at radius 3 is 2.47 bits per heavy atom. The first-order valence-corrected chi connectivity index (χ1v) is 8.98. The molecule has 0 bridgehead atoms. The van der Waals surface area contributed by atoms with Crippen molar-refractivity contribution < 1.29 is 8.42 Å². The first-order valence-electron chi connectivity index (χ1n) is 5.83. The van der Waals surface area contributed by atoms with Gasteiger partial charge in [-0.25, -0.2) is 8.42 Å². The lowest BCUT2D eigenvalue weighted by Gasteiger charge is -2.26. The zero-order chi connectivity index (χ0) is 14.6. The van der Waals surface area contributed by atoms with Crippen molar-refractivity contribution in [1.29, 1.82) is 0 Å². The van der Waals surface area contributed by atoms with Gasteiger partial charge in [0.2, 0.25) is 10.0 Å². The first-order chi connectivity index (χ1) is 8.80. The van der Waals surface area contributed by atoms with E-state index in [1.54, 1.807) is 12.1 Å². The number of rotatable bonds is 6. The monoisotopic (exact) mass is 387 g/mol. The Morgan fingerprint density at radius 1 is 1.37 bits per heavy atom. The second-order valence-electron chi connectivity index (χ2n) is 4.33. The molecule has 0 amide bonds. The van der Waals surface area contributed by atoms with E-state index in [9.17, 15) is 8.42 Å². The van der Waals surface area contributed by atoms with Crippen LogP contribution in [0, 0.1) is 0 Å². The highest BCUT2D eigenvalue weighted by Gasteiger charge is 2.28. The van der Waals surface area contributed by atoms with Gasteiger partial charge >= 0.3 is 0 Å². The Bertz CT molecular complexity index is 535. The summed E-state index contributed by atoms with van der Waals surface area (Å²) in [6, 6.07) is 4.61. The largest absolute Gasteiger partial charge is 0.244 e. The molecule has 0 atom stereocenters. The van der Waals surface area contributed by atoms with Crippen LogP contribution >= 0.6 is 39.1 Å². The van der Waals surface area contributed by atoms with Gasteiger partial charge in [-0.05, 0) is 38.5 Å². The molecule has 0 aliphatic carbocycles. The predicted molar refractivity (Wildman–Crippen MR) is 83.5 cm³/mol. The fraction of sp³-hybridized carbons (Fsp3) is 0.500. The van der Waals surface area contributed by atoms with E-state index in [1.807, 2.05) is 13.8 Å². The third kappa shape index (κ3) is 4.33. The summed E-state index contributed by atoms with van der Waals surface area (Å²) in [5, 5.41) is 0.214. The minimum Gasteiger partial charge on any atom is -0.207 e. The molecule has 0 N–H and O–H groups in total.